The highest BCUT2D eigenvalue weighted by Crippen LogP contribution is 2.25. The first-order valence-electron chi connectivity index (χ1n) is 7.44. The van der Waals surface area contributed by atoms with Crippen LogP contribution in [0.15, 0.2) is 0 Å². The molecule has 1 aliphatic carbocycles. The zero-order valence-corrected chi connectivity index (χ0v) is 13.1. The number of nitrogens with one attached hydrogen (secondary N) is 1. The molecule has 116 valence electrons. The first-order valence-corrected chi connectivity index (χ1v) is 7.44. The topological polar surface area (TPSA) is 69.6 Å². The van der Waals surface area contributed by atoms with E-state index < -0.39 is 11.9 Å². The van der Waals surface area contributed by atoms with Gasteiger partial charge in [-0.05, 0) is 24.7 Å². The summed E-state index contributed by atoms with van der Waals surface area (Å²) in [5, 5.41) is 12.0. The Balaban J connectivity index is 2.45. The number of carboxylic acids is 1. The molecule has 0 saturated heterocycles. The standard InChI is InChI=1S/C15H28N2O3/c1-15(2,3)9-11(13(18)19)10-16-14(20)17(4)12-7-5-6-8-12/h11-12H,5-10H2,1-4H3,(H,16,20)(H,18,19). The van der Waals surface area contributed by atoms with Crippen LogP contribution in [0.3, 0.4) is 0 Å². The summed E-state index contributed by atoms with van der Waals surface area (Å²) < 4.78 is 0. The summed E-state index contributed by atoms with van der Waals surface area (Å²) in [6.45, 7) is 6.22. The molecule has 1 aliphatic rings. The van der Waals surface area contributed by atoms with Crippen molar-refractivity contribution in [1.82, 2.24) is 10.2 Å². The first kappa shape index (κ1) is 16.8. The Morgan fingerprint density at radius 3 is 2.30 bits per heavy atom. The van der Waals surface area contributed by atoms with Gasteiger partial charge in [-0.1, -0.05) is 33.6 Å². The van der Waals surface area contributed by atoms with Gasteiger partial charge in [0.2, 0.25) is 0 Å². The summed E-state index contributed by atoms with van der Waals surface area (Å²) in [6.07, 6.45) is 4.99. The van der Waals surface area contributed by atoms with Crippen molar-refractivity contribution in [1.29, 1.82) is 0 Å². The maximum atomic E-state index is 12.0. The van der Waals surface area contributed by atoms with Crippen LogP contribution in [-0.2, 0) is 4.79 Å². The minimum Gasteiger partial charge on any atom is -0.481 e. The molecule has 5 heteroatoms. The second-order valence-electron chi connectivity index (χ2n) is 7.04. The van der Waals surface area contributed by atoms with Crippen LogP contribution in [-0.4, -0.2) is 41.6 Å². The van der Waals surface area contributed by atoms with E-state index in [1.165, 1.54) is 12.8 Å². The second kappa shape index (κ2) is 6.95. The molecule has 1 fully saturated rings. The van der Waals surface area contributed by atoms with Crippen molar-refractivity contribution in [3.8, 4) is 0 Å². The minimum absolute atomic E-state index is 0.0643. The molecule has 0 aromatic rings. The SMILES string of the molecule is CN(C(=O)NCC(CC(C)(C)C)C(=O)O)C1CCCC1. The Morgan fingerprint density at radius 1 is 1.30 bits per heavy atom. The van der Waals surface area contributed by atoms with E-state index in [1.54, 1.807) is 11.9 Å². The smallest absolute Gasteiger partial charge is 0.317 e. The highest BCUT2D eigenvalue weighted by Gasteiger charge is 2.27. The van der Waals surface area contributed by atoms with Crippen LogP contribution in [0.1, 0.15) is 52.9 Å². The van der Waals surface area contributed by atoms with E-state index in [1.807, 2.05) is 20.8 Å². The number of amides is 2. The number of nitrogens with zero attached hydrogens (tertiary/aromatic N) is 1. The molecule has 1 saturated carbocycles. The van der Waals surface area contributed by atoms with Gasteiger partial charge in [-0.2, -0.15) is 0 Å². The van der Waals surface area contributed by atoms with Crippen molar-refractivity contribution in [2.75, 3.05) is 13.6 Å². The molecule has 0 aromatic carbocycles. The minimum atomic E-state index is -0.844. The van der Waals surface area contributed by atoms with Crippen LogP contribution in [0.5, 0.6) is 0 Å². The summed E-state index contributed by atoms with van der Waals surface area (Å²) in [6, 6.07) is 0.151. The van der Waals surface area contributed by atoms with Gasteiger partial charge in [0.25, 0.3) is 0 Å². The van der Waals surface area contributed by atoms with Crippen molar-refractivity contribution >= 4 is 12.0 Å². The monoisotopic (exact) mass is 284 g/mol. The van der Waals surface area contributed by atoms with Gasteiger partial charge in [-0.25, -0.2) is 4.79 Å². The Morgan fingerprint density at radius 2 is 1.85 bits per heavy atom. The van der Waals surface area contributed by atoms with Gasteiger partial charge in [0.05, 0.1) is 5.92 Å². The first-order chi connectivity index (χ1) is 9.20. The lowest BCUT2D eigenvalue weighted by atomic mass is 9.84. The van der Waals surface area contributed by atoms with Gasteiger partial charge in [0, 0.05) is 19.6 Å². The molecule has 0 radical (unpaired) electrons. The molecule has 20 heavy (non-hydrogen) atoms. The van der Waals surface area contributed by atoms with Crippen LogP contribution < -0.4 is 5.32 Å². The number of aliphatic carboxylic acids is 1. The molecule has 0 bridgehead atoms. The van der Waals surface area contributed by atoms with Gasteiger partial charge in [-0.15, -0.1) is 0 Å². The maximum Gasteiger partial charge on any atom is 0.317 e. The number of rotatable bonds is 5. The molecule has 1 atom stereocenters. The fourth-order valence-corrected chi connectivity index (χ4v) is 2.78. The zero-order chi connectivity index (χ0) is 15.3. The molecule has 1 rings (SSSR count). The van der Waals surface area contributed by atoms with Gasteiger partial charge < -0.3 is 15.3 Å². The molecule has 2 N–H and O–H groups in total. The van der Waals surface area contributed by atoms with E-state index in [-0.39, 0.29) is 18.0 Å². The van der Waals surface area contributed by atoms with E-state index in [0.717, 1.165) is 12.8 Å². The quantitative estimate of drug-likeness (QED) is 0.815. The van der Waals surface area contributed by atoms with Crippen molar-refractivity contribution < 1.29 is 14.7 Å². The third-order valence-corrected chi connectivity index (χ3v) is 3.90. The highest BCUT2D eigenvalue weighted by atomic mass is 16.4. The molecule has 2 amide bonds. The predicted octanol–water partition coefficient (Wildman–Crippen LogP) is 2.71. The van der Waals surface area contributed by atoms with Gasteiger partial charge in [0.1, 0.15) is 0 Å². The molecular weight excluding hydrogens is 256 g/mol. The summed E-state index contributed by atoms with van der Waals surface area (Å²) >= 11 is 0. The van der Waals surface area contributed by atoms with E-state index in [4.69, 9.17) is 0 Å². The van der Waals surface area contributed by atoms with Crippen molar-refractivity contribution in [3.63, 3.8) is 0 Å². The fourth-order valence-electron chi connectivity index (χ4n) is 2.78. The number of carbonyl (C=O) groups is 2. The van der Waals surface area contributed by atoms with Crippen LogP contribution in [0, 0.1) is 11.3 Å². The molecule has 0 spiro atoms. The van der Waals surface area contributed by atoms with Gasteiger partial charge in [0.15, 0.2) is 0 Å². The Labute approximate surface area is 121 Å². The van der Waals surface area contributed by atoms with Crippen LogP contribution in [0.2, 0.25) is 0 Å². The van der Waals surface area contributed by atoms with Crippen molar-refractivity contribution in [3.05, 3.63) is 0 Å². The summed E-state index contributed by atoms with van der Waals surface area (Å²) in [4.78, 5) is 25.0. The number of hydrogen-bond donors (Lipinski definition) is 2. The van der Waals surface area contributed by atoms with Crippen LogP contribution >= 0.6 is 0 Å². The largest absolute Gasteiger partial charge is 0.481 e. The number of hydrogen-bond acceptors (Lipinski definition) is 2. The molecule has 0 aliphatic heterocycles. The lowest BCUT2D eigenvalue weighted by Crippen LogP contribution is -2.45. The highest BCUT2D eigenvalue weighted by molar-refractivity contribution is 5.76. The average Bonchev–Trinajstić information content (AvgIpc) is 2.85. The number of urea groups is 1. The van der Waals surface area contributed by atoms with E-state index in [9.17, 15) is 14.7 Å². The average molecular weight is 284 g/mol. The Kier molecular flexibility index (Phi) is 5.84. The summed E-state index contributed by atoms with van der Waals surface area (Å²) in [5.74, 6) is -1.38. The summed E-state index contributed by atoms with van der Waals surface area (Å²) in [7, 11) is 1.80. The fraction of sp³-hybridized carbons (Fsp3) is 0.867. The van der Waals surface area contributed by atoms with E-state index in [2.05, 4.69) is 5.32 Å². The molecule has 5 nitrogen and oxygen atoms in total. The Hall–Kier alpha value is -1.26. The molecule has 1 unspecified atom stereocenters. The Bertz CT molecular complexity index is 344. The van der Waals surface area contributed by atoms with Crippen molar-refractivity contribution in [2.24, 2.45) is 11.3 Å². The predicted molar refractivity (Wildman–Crippen MR) is 78.6 cm³/mol. The number of carboxylic acid groups (broad SMARTS) is 1. The van der Waals surface area contributed by atoms with Crippen LogP contribution in [0.4, 0.5) is 4.79 Å². The van der Waals surface area contributed by atoms with Gasteiger partial charge in [-0.3, -0.25) is 4.79 Å². The third kappa shape index (κ3) is 5.39. The maximum absolute atomic E-state index is 12.0. The summed E-state index contributed by atoms with van der Waals surface area (Å²) in [5.41, 5.74) is -0.0643. The van der Waals surface area contributed by atoms with Crippen LogP contribution in [0.25, 0.3) is 0 Å². The zero-order valence-electron chi connectivity index (χ0n) is 13.1. The molecule has 0 aromatic heterocycles. The van der Waals surface area contributed by atoms with Crippen molar-refractivity contribution in [2.45, 2.75) is 58.9 Å². The van der Waals surface area contributed by atoms with Gasteiger partial charge >= 0.3 is 12.0 Å². The molecule has 0 heterocycles. The third-order valence-electron chi connectivity index (χ3n) is 3.90. The van der Waals surface area contributed by atoms with E-state index in [0.29, 0.717) is 12.5 Å². The lowest BCUT2D eigenvalue weighted by molar-refractivity contribution is -0.142. The molecular formula is C15H28N2O3. The number of carbonyl (C=O) groups excluding carboxylic acids is 1. The second-order valence-corrected chi connectivity index (χ2v) is 7.04. The van der Waals surface area contributed by atoms with E-state index >= 15 is 0 Å². The normalized spacial score (nSPS) is 17.8. The lowest BCUT2D eigenvalue weighted by Gasteiger charge is -2.27.